The first-order valence-electron chi connectivity index (χ1n) is 9.38. The Bertz CT molecular complexity index is 976. The number of pyridine rings is 1. The predicted octanol–water partition coefficient (Wildman–Crippen LogP) is 3.29. The molecule has 2 aromatic rings. The average Bonchev–Trinajstić information content (AvgIpc) is 3.16. The van der Waals surface area contributed by atoms with E-state index < -0.39 is 17.7 Å². The SMILES string of the molecule is O=C1CC(C(=O)Nc2cc(Oc3ccc(C(F)(F)F)cn3)cc3c2OCC3)CCN1. The molecule has 30 heavy (non-hydrogen) atoms. The molecule has 1 fully saturated rings. The molecule has 0 spiro atoms. The van der Waals surface area contributed by atoms with E-state index in [0.717, 1.165) is 17.7 Å². The van der Waals surface area contributed by atoms with Crippen molar-refractivity contribution in [2.45, 2.75) is 25.4 Å². The first kappa shape index (κ1) is 20.0. The highest BCUT2D eigenvalue weighted by molar-refractivity contribution is 5.97. The average molecular weight is 421 g/mol. The summed E-state index contributed by atoms with van der Waals surface area (Å²) in [5.74, 6) is -0.0970. The van der Waals surface area contributed by atoms with Crippen LogP contribution in [0.4, 0.5) is 18.9 Å². The Morgan fingerprint density at radius 3 is 2.83 bits per heavy atom. The van der Waals surface area contributed by atoms with E-state index in [1.54, 1.807) is 6.07 Å². The quantitative estimate of drug-likeness (QED) is 0.791. The number of benzene rings is 1. The van der Waals surface area contributed by atoms with Gasteiger partial charge in [-0.05, 0) is 18.6 Å². The normalized spacial score (nSPS) is 18.2. The van der Waals surface area contributed by atoms with Crippen LogP contribution in [0, 0.1) is 5.92 Å². The molecule has 2 aliphatic heterocycles. The number of ether oxygens (including phenoxy) is 2. The first-order chi connectivity index (χ1) is 14.3. The van der Waals surface area contributed by atoms with Gasteiger partial charge in [0.05, 0.1) is 17.9 Å². The number of hydrogen-bond acceptors (Lipinski definition) is 5. The smallest absolute Gasteiger partial charge is 0.417 e. The summed E-state index contributed by atoms with van der Waals surface area (Å²) in [6.07, 6.45) is -2.54. The standard InChI is InChI=1S/C20H18F3N3O4/c21-20(22,23)13-1-2-17(25-10-13)30-14-7-11-4-6-29-18(11)15(9-14)26-19(28)12-3-5-24-16(27)8-12/h1-2,7,9-10,12H,3-6,8H2,(H,24,27)(H,26,28). The van der Waals surface area contributed by atoms with Crippen molar-refractivity contribution >= 4 is 17.5 Å². The zero-order valence-corrected chi connectivity index (χ0v) is 15.7. The minimum Gasteiger partial charge on any atom is -0.491 e. The summed E-state index contributed by atoms with van der Waals surface area (Å²) in [6.45, 7) is 0.875. The lowest BCUT2D eigenvalue weighted by Gasteiger charge is -2.22. The van der Waals surface area contributed by atoms with Crippen LogP contribution in [-0.2, 0) is 22.2 Å². The maximum atomic E-state index is 12.7. The third-order valence-corrected chi connectivity index (χ3v) is 4.92. The maximum Gasteiger partial charge on any atom is 0.417 e. The van der Waals surface area contributed by atoms with E-state index in [1.807, 2.05) is 0 Å². The fourth-order valence-corrected chi connectivity index (χ4v) is 3.40. The van der Waals surface area contributed by atoms with Crippen LogP contribution < -0.4 is 20.1 Å². The zero-order valence-electron chi connectivity index (χ0n) is 15.7. The number of amides is 2. The number of nitrogens with one attached hydrogen (secondary N) is 2. The van der Waals surface area contributed by atoms with Crippen LogP contribution in [0.2, 0.25) is 0 Å². The van der Waals surface area contributed by atoms with Gasteiger partial charge in [0.25, 0.3) is 0 Å². The highest BCUT2D eigenvalue weighted by Crippen LogP contribution is 2.39. The molecule has 2 N–H and O–H groups in total. The van der Waals surface area contributed by atoms with Crippen LogP contribution in [0.1, 0.15) is 24.0 Å². The minimum absolute atomic E-state index is 0.0110. The summed E-state index contributed by atoms with van der Waals surface area (Å²) in [4.78, 5) is 27.9. The summed E-state index contributed by atoms with van der Waals surface area (Å²) in [6, 6.07) is 5.25. The maximum absolute atomic E-state index is 12.7. The second-order valence-corrected chi connectivity index (χ2v) is 7.07. The van der Waals surface area contributed by atoms with Crippen molar-refractivity contribution in [1.82, 2.24) is 10.3 Å². The van der Waals surface area contributed by atoms with Crippen LogP contribution in [0.15, 0.2) is 30.5 Å². The number of hydrogen-bond donors (Lipinski definition) is 2. The number of aromatic nitrogens is 1. The van der Waals surface area contributed by atoms with Crippen molar-refractivity contribution in [3.05, 3.63) is 41.6 Å². The van der Waals surface area contributed by atoms with Crippen LogP contribution >= 0.6 is 0 Å². The molecule has 7 nitrogen and oxygen atoms in total. The molecule has 2 aliphatic rings. The number of piperidine rings is 1. The fraction of sp³-hybridized carbons (Fsp3) is 0.350. The molecule has 1 aromatic heterocycles. The van der Waals surface area contributed by atoms with Gasteiger partial charge in [0.1, 0.15) is 11.5 Å². The van der Waals surface area contributed by atoms with E-state index in [2.05, 4.69) is 15.6 Å². The molecule has 1 saturated heterocycles. The molecular weight excluding hydrogens is 403 g/mol. The van der Waals surface area contributed by atoms with Gasteiger partial charge in [0.15, 0.2) is 0 Å². The van der Waals surface area contributed by atoms with Crippen molar-refractivity contribution in [2.75, 3.05) is 18.5 Å². The molecule has 10 heteroatoms. The van der Waals surface area contributed by atoms with Gasteiger partial charge < -0.3 is 20.1 Å². The molecule has 3 heterocycles. The number of rotatable bonds is 4. The molecule has 0 saturated carbocycles. The molecule has 0 aliphatic carbocycles. The molecule has 0 radical (unpaired) electrons. The molecule has 1 atom stereocenters. The second kappa shape index (κ2) is 7.85. The van der Waals surface area contributed by atoms with E-state index in [-0.39, 0.29) is 24.1 Å². The summed E-state index contributed by atoms with van der Waals surface area (Å²) in [7, 11) is 0. The Labute approximate surface area is 169 Å². The Morgan fingerprint density at radius 2 is 2.13 bits per heavy atom. The van der Waals surface area contributed by atoms with Crippen molar-refractivity contribution in [1.29, 1.82) is 0 Å². The first-order valence-corrected chi connectivity index (χ1v) is 9.38. The monoisotopic (exact) mass is 421 g/mol. The third kappa shape index (κ3) is 4.32. The molecule has 158 valence electrons. The fourth-order valence-electron chi connectivity index (χ4n) is 3.40. The third-order valence-electron chi connectivity index (χ3n) is 4.92. The van der Waals surface area contributed by atoms with Gasteiger partial charge >= 0.3 is 6.18 Å². The van der Waals surface area contributed by atoms with Gasteiger partial charge in [-0.3, -0.25) is 9.59 Å². The Hall–Kier alpha value is -3.30. The molecule has 2 amide bonds. The summed E-state index contributed by atoms with van der Waals surface area (Å²) in [5.41, 5.74) is 0.320. The Morgan fingerprint density at radius 1 is 1.30 bits per heavy atom. The largest absolute Gasteiger partial charge is 0.491 e. The van der Waals surface area contributed by atoms with Crippen LogP contribution in [0.3, 0.4) is 0 Å². The van der Waals surface area contributed by atoms with Gasteiger partial charge in [-0.15, -0.1) is 0 Å². The van der Waals surface area contributed by atoms with Crippen LogP contribution in [-0.4, -0.2) is 29.9 Å². The van der Waals surface area contributed by atoms with Crippen molar-refractivity contribution in [3.8, 4) is 17.4 Å². The van der Waals surface area contributed by atoms with E-state index in [4.69, 9.17) is 9.47 Å². The number of anilines is 1. The summed E-state index contributed by atoms with van der Waals surface area (Å²) >= 11 is 0. The lowest BCUT2D eigenvalue weighted by molar-refractivity contribution is -0.137. The number of carbonyl (C=O) groups is 2. The van der Waals surface area contributed by atoms with Gasteiger partial charge in [-0.2, -0.15) is 13.2 Å². The minimum atomic E-state index is -4.48. The summed E-state index contributed by atoms with van der Waals surface area (Å²) in [5, 5.41) is 5.48. The predicted molar refractivity (Wildman–Crippen MR) is 99.3 cm³/mol. The van der Waals surface area contributed by atoms with Crippen LogP contribution in [0.25, 0.3) is 0 Å². The van der Waals surface area contributed by atoms with E-state index in [9.17, 15) is 22.8 Å². The van der Waals surface area contributed by atoms with Crippen LogP contribution in [0.5, 0.6) is 17.4 Å². The summed E-state index contributed by atoms with van der Waals surface area (Å²) < 4.78 is 49.3. The number of halogens is 3. The highest BCUT2D eigenvalue weighted by atomic mass is 19.4. The molecular formula is C20H18F3N3O4. The van der Waals surface area contributed by atoms with Gasteiger partial charge in [-0.1, -0.05) is 0 Å². The number of alkyl halides is 3. The number of carbonyl (C=O) groups excluding carboxylic acids is 2. The van der Waals surface area contributed by atoms with E-state index in [1.165, 1.54) is 6.07 Å². The lowest BCUT2D eigenvalue weighted by Crippen LogP contribution is -2.38. The molecule has 1 aromatic carbocycles. The van der Waals surface area contributed by atoms with Gasteiger partial charge in [-0.25, -0.2) is 4.98 Å². The number of fused-ring (bicyclic) bond motifs is 1. The zero-order chi connectivity index (χ0) is 21.3. The second-order valence-electron chi connectivity index (χ2n) is 7.07. The molecule has 1 unspecified atom stereocenters. The Kier molecular flexibility index (Phi) is 5.23. The molecule has 0 bridgehead atoms. The topological polar surface area (TPSA) is 89.6 Å². The van der Waals surface area contributed by atoms with Crippen molar-refractivity contribution in [2.24, 2.45) is 5.92 Å². The van der Waals surface area contributed by atoms with E-state index >= 15 is 0 Å². The van der Waals surface area contributed by atoms with Gasteiger partial charge in [0, 0.05) is 49.2 Å². The lowest BCUT2D eigenvalue weighted by atomic mass is 9.96. The highest BCUT2D eigenvalue weighted by Gasteiger charge is 2.31. The Balaban J connectivity index is 1.54. The van der Waals surface area contributed by atoms with Crippen molar-refractivity contribution < 1.29 is 32.2 Å². The van der Waals surface area contributed by atoms with Gasteiger partial charge in [0.2, 0.25) is 17.7 Å². The van der Waals surface area contributed by atoms with Crippen molar-refractivity contribution in [3.63, 3.8) is 0 Å². The number of nitrogens with zero attached hydrogens (tertiary/aromatic N) is 1. The van der Waals surface area contributed by atoms with E-state index in [0.29, 0.717) is 49.4 Å². The molecule has 4 rings (SSSR count).